The van der Waals surface area contributed by atoms with Crippen LogP contribution in [-0.4, -0.2) is 12.5 Å². The van der Waals surface area contributed by atoms with Crippen LogP contribution in [0, 0.1) is 11.6 Å². The second kappa shape index (κ2) is 7.47. The number of hydrogen-bond acceptors (Lipinski definition) is 2. The molecule has 3 nitrogen and oxygen atoms in total. The van der Waals surface area contributed by atoms with E-state index in [2.05, 4.69) is 26.6 Å². The third-order valence-electron chi connectivity index (χ3n) is 3.14. The smallest absolute Gasteiger partial charge is 0.238 e. The molecule has 0 aliphatic heterocycles. The van der Waals surface area contributed by atoms with Gasteiger partial charge >= 0.3 is 0 Å². The van der Waals surface area contributed by atoms with Crippen molar-refractivity contribution in [3.05, 3.63) is 64.1 Å². The standard InChI is InChI=1S/C16H15BrF2N2O/c1-10(12-4-2-3-5-13(12)17)20-9-16(22)21-15-8-11(18)6-7-14(15)19/h2-8,10,20H,9H2,1H3,(H,21,22). The molecule has 2 N–H and O–H groups in total. The van der Waals surface area contributed by atoms with E-state index in [1.54, 1.807) is 0 Å². The Morgan fingerprint density at radius 3 is 2.68 bits per heavy atom. The molecule has 1 atom stereocenters. The Balaban J connectivity index is 1.93. The van der Waals surface area contributed by atoms with Gasteiger partial charge in [0.15, 0.2) is 0 Å². The van der Waals surface area contributed by atoms with E-state index in [-0.39, 0.29) is 18.3 Å². The summed E-state index contributed by atoms with van der Waals surface area (Å²) in [6.07, 6.45) is 0. The van der Waals surface area contributed by atoms with Gasteiger partial charge in [-0.3, -0.25) is 4.79 Å². The van der Waals surface area contributed by atoms with E-state index < -0.39 is 17.5 Å². The van der Waals surface area contributed by atoms with Crippen molar-refractivity contribution in [1.29, 1.82) is 0 Å². The molecule has 0 aliphatic rings. The van der Waals surface area contributed by atoms with E-state index >= 15 is 0 Å². The highest BCUT2D eigenvalue weighted by molar-refractivity contribution is 9.10. The number of halogens is 3. The van der Waals surface area contributed by atoms with Crippen LogP contribution in [-0.2, 0) is 4.79 Å². The highest BCUT2D eigenvalue weighted by Crippen LogP contribution is 2.22. The minimum absolute atomic E-state index is 0.0154. The number of hydrogen-bond donors (Lipinski definition) is 2. The molecule has 0 radical (unpaired) electrons. The van der Waals surface area contributed by atoms with Gasteiger partial charge in [-0.25, -0.2) is 8.78 Å². The molecular weight excluding hydrogens is 354 g/mol. The van der Waals surface area contributed by atoms with Gasteiger partial charge in [0.1, 0.15) is 11.6 Å². The highest BCUT2D eigenvalue weighted by atomic mass is 79.9. The van der Waals surface area contributed by atoms with Crippen LogP contribution in [0.5, 0.6) is 0 Å². The van der Waals surface area contributed by atoms with Crippen LogP contribution < -0.4 is 10.6 Å². The quantitative estimate of drug-likeness (QED) is 0.836. The van der Waals surface area contributed by atoms with E-state index in [1.807, 2.05) is 31.2 Å². The minimum atomic E-state index is -0.673. The van der Waals surface area contributed by atoms with E-state index in [0.717, 1.165) is 28.2 Å². The van der Waals surface area contributed by atoms with Crippen molar-refractivity contribution in [3.8, 4) is 0 Å². The van der Waals surface area contributed by atoms with Crippen molar-refractivity contribution >= 4 is 27.5 Å². The molecule has 2 rings (SSSR count). The summed E-state index contributed by atoms with van der Waals surface area (Å²) in [6, 6.07) is 10.5. The molecule has 2 aromatic carbocycles. The fourth-order valence-corrected chi connectivity index (χ4v) is 2.60. The fourth-order valence-electron chi connectivity index (χ4n) is 1.97. The van der Waals surface area contributed by atoms with Crippen molar-refractivity contribution in [3.63, 3.8) is 0 Å². The van der Waals surface area contributed by atoms with Crippen LogP contribution in [0.1, 0.15) is 18.5 Å². The summed E-state index contributed by atoms with van der Waals surface area (Å²) in [4.78, 5) is 11.8. The first-order chi connectivity index (χ1) is 10.5. The number of amides is 1. The summed E-state index contributed by atoms with van der Waals surface area (Å²) < 4.78 is 27.4. The van der Waals surface area contributed by atoms with E-state index in [0.29, 0.717) is 0 Å². The Hall–Kier alpha value is -1.79. The molecule has 0 aliphatic carbocycles. The summed E-state index contributed by atoms with van der Waals surface area (Å²) in [6.45, 7) is 1.90. The third kappa shape index (κ3) is 4.35. The molecule has 0 spiro atoms. The van der Waals surface area contributed by atoms with E-state index in [9.17, 15) is 13.6 Å². The summed E-state index contributed by atoms with van der Waals surface area (Å²) in [7, 11) is 0. The van der Waals surface area contributed by atoms with Crippen LogP contribution in [0.3, 0.4) is 0 Å². The minimum Gasteiger partial charge on any atom is -0.322 e. The molecule has 0 aromatic heterocycles. The van der Waals surface area contributed by atoms with Gasteiger partial charge in [0.05, 0.1) is 12.2 Å². The van der Waals surface area contributed by atoms with Crippen molar-refractivity contribution < 1.29 is 13.6 Å². The lowest BCUT2D eigenvalue weighted by atomic mass is 10.1. The lowest BCUT2D eigenvalue weighted by Gasteiger charge is -2.15. The zero-order chi connectivity index (χ0) is 16.1. The molecular formula is C16H15BrF2N2O. The summed E-state index contributed by atoms with van der Waals surface area (Å²) in [5.41, 5.74) is 0.840. The first-order valence-corrected chi connectivity index (χ1v) is 7.49. The van der Waals surface area contributed by atoms with Crippen molar-refractivity contribution in [2.24, 2.45) is 0 Å². The number of carbonyl (C=O) groups is 1. The number of carbonyl (C=O) groups excluding carboxylic acids is 1. The molecule has 0 fully saturated rings. The normalized spacial score (nSPS) is 12.0. The molecule has 6 heteroatoms. The Bertz CT molecular complexity index is 679. The van der Waals surface area contributed by atoms with Crippen molar-refractivity contribution in [1.82, 2.24) is 5.32 Å². The van der Waals surface area contributed by atoms with E-state index in [1.165, 1.54) is 0 Å². The van der Waals surface area contributed by atoms with Crippen LogP contribution in [0.15, 0.2) is 46.9 Å². The van der Waals surface area contributed by atoms with Gasteiger partial charge in [0.2, 0.25) is 5.91 Å². The van der Waals surface area contributed by atoms with Crippen LogP contribution >= 0.6 is 15.9 Å². The zero-order valence-electron chi connectivity index (χ0n) is 11.9. The second-order valence-corrected chi connectivity index (χ2v) is 5.65. The van der Waals surface area contributed by atoms with Crippen molar-refractivity contribution in [2.45, 2.75) is 13.0 Å². The van der Waals surface area contributed by atoms with Gasteiger partial charge in [-0.15, -0.1) is 0 Å². The lowest BCUT2D eigenvalue weighted by molar-refractivity contribution is -0.115. The summed E-state index contributed by atoms with van der Waals surface area (Å²) >= 11 is 3.44. The molecule has 2 aromatic rings. The number of benzene rings is 2. The first-order valence-electron chi connectivity index (χ1n) is 6.70. The van der Waals surface area contributed by atoms with Gasteiger partial charge in [-0.2, -0.15) is 0 Å². The summed E-state index contributed by atoms with van der Waals surface area (Å²) in [5.74, 6) is -1.72. The number of anilines is 1. The average molecular weight is 369 g/mol. The Morgan fingerprint density at radius 1 is 1.23 bits per heavy atom. The van der Waals surface area contributed by atoms with E-state index in [4.69, 9.17) is 0 Å². The van der Waals surface area contributed by atoms with Gasteiger partial charge < -0.3 is 10.6 Å². The lowest BCUT2D eigenvalue weighted by Crippen LogP contribution is -2.30. The Kier molecular flexibility index (Phi) is 5.63. The topological polar surface area (TPSA) is 41.1 Å². The maximum absolute atomic E-state index is 13.4. The number of nitrogens with one attached hydrogen (secondary N) is 2. The molecule has 0 heterocycles. The van der Waals surface area contributed by atoms with Crippen LogP contribution in [0.25, 0.3) is 0 Å². The summed E-state index contributed by atoms with van der Waals surface area (Å²) in [5, 5.41) is 5.38. The first kappa shape index (κ1) is 16.6. The maximum Gasteiger partial charge on any atom is 0.238 e. The predicted octanol–water partition coefficient (Wildman–Crippen LogP) is 4.02. The molecule has 0 saturated carbocycles. The van der Waals surface area contributed by atoms with Gasteiger partial charge in [-0.05, 0) is 30.7 Å². The molecule has 116 valence electrons. The molecule has 1 unspecified atom stereocenters. The fraction of sp³-hybridized carbons (Fsp3) is 0.188. The molecule has 0 bridgehead atoms. The maximum atomic E-state index is 13.4. The van der Waals surface area contributed by atoms with Crippen molar-refractivity contribution in [2.75, 3.05) is 11.9 Å². The largest absolute Gasteiger partial charge is 0.322 e. The predicted molar refractivity (Wildman–Crippen MR) is 85.5 cm³/mol. The van der Waals surface area contributed by atoms with Gasteiger partial charge in [-0.1, -0.05) is 34.1 Å². The Labute approximate surface area is 135 Å². The van der Waals surface area contributed by atoms with Crippen LogP contribution in [0.4, 0.5) is 14.5 Å². The monoisotopic (exact) mass is 368 g/mol. The third-order valence-corrected chi connectivity index (χ3v) is 3.87. The SMILES string of the molecule is CC(NCC(=O)Nc1cc(F)ccc1F)c1ccccc1Br. The van der Waals surface area contributed by atoms with Gasteiger partial charge in [0.25, 0.3) is 0 Å². The molecule has 22 heavy (non-hydrogen) atoms. The average Bonchev–Trinajstić information content (AvgIpc) is 2.49. The molecule has 0 saturated heterocycles. The molecule has 1 amide bonds. The Morgan fingerprint density at radius 2 is 1.95 bits per heavy atom. The zero-order valence-corrected chi connectivity index (χ0v) is 13.5. The second-order valence-electron chi connectivity index (χ2n) is 4.80. The number of rotatable bonds is 5. The van der Waals surface area contributed by atoms with Crippen LogP contribution in [0.2, 0.25) is 0 Å². The highest BCUT2D eigenvalue weighted by Gasteiger charge is 2.12. The van der Waals surface area contributed by atoms with Gasteiger partial charge in [0, 0.05) is 16.6 Å².